The van der Waals surface area contributed by atoms with Crippen LogP contribution in [-0.4, -0.2) is 54.5 Å². The predicted molar refractivity (Wildman–Crippen MR) is 130 cm³/mol. The van der Waals surface area contributed by atoms with Crippen LogP contribution in [0.2, 0.25) is 0 Å². The number of thiophene rings is 1. The molecule has 5 nitrogen and oxygen atoms in total. The van der Waals surface area contributed by atoms with Crippen LogP contribution in [-0.2, 0) is 13.6 Å². The second kappa shape index (κ2) is 8.77. The quantitative estimate of drug-likeness (QED) is 0.604. The zero-order valence-electron chi connectivity index (χ0n) is 18.8. The molecule has 1 N–H and O–H groups in total. The van der Waals surface area contributed by atoms with Gasteiger partial charge in [0.05, 0.1) is 4.88 Å². The Labute approximate surface area is 189 Å². The lowest BCUT2D eigenvalue weighted by Gasteiger charge is -2.50. The monoisotopic (exact) mass is 435 g/mol. The Bertz CT molecular complexity index is 992. The smallest absolute Gasteiger partial charge is 0.103 e. The molecule has 0 aliphatic carbocycles. The molecule has 4 atom stereocenters. The number of nitrogens with one attached hydrogen (secondary N) is 1. The van der Waals surface area contributed by atoms with Gasteiger partial charge in [-0.2, -0.15) is 5.10 Å². The predicted octanol–water partition coefficient (Wildman–Crippen LogP) is 4.18. The van der Waals surface area contributed by atoms with Crippen LogP contribution in [0.1, 0.15) is 30.0 Å². The fourth-order valence-corrected chi connectivity index (χ4v) is 6.04. The molecular formula is C25H33N5S. The maximum absolute atomic E-state index is 4.82. The summed E-state index contributed by atoms with van der Waals surface area (Å²) in [4.78, 5) is 6.12. The number of aryl methyl sites for hydroxylation is 1. The van der Waals surface area contributed by atoms with E-state index in [-0.39, 0.29) is 0 Å². The largest absolute Gasteiger partial charge is 0.378 e. The van der Waals surface area contributed by atoms with Gasteiger partial charge >= 0.3 is 0 Å². The van der Waals surface area contributed by atoms with Crippen LogP contribution in [0, 0.1) is 5.92 Å². The SMILES string of the molecule is CN(C)c1ccc(CNCC2CC3CCN2CC3c2cc(-c3cccs3)nn2C)cc1. The molecular weight excluding hydrogens is 402 g/mol. The summed E-state index contributed by atoms with van der Waals surface area (Å²) in [5.41, 5.74) is 5.14. The molecule has 164 valence electrons. The van der Waals surface area contributed by atoms with Gasteiger partial charge in [0.25, 0.3) is 0 Å². The van der Waals surface area contributed by atoms with Gasteiger partial charge in [-0.3, -0.25) is 9.58 Å². The normalized spacial score (nSPS) is 25.1. The third-order valence-electron chi connectivity index (χ3n) is 7.11. The lowest BCUT2D eigenvalue weighted by molar-refractivity contribution is 0.0282. The first-order valence-corrected chi connectivity index (χ1v) is 12.3. The molecule has 3 aromatic rings. The summed E-state index contributed by atoms with van der Waals surface area (Å²) >= 11 is 1.77. The van der Waals surface area contributed by atoms with E-state index >= 15 is 0 Å². The van der Waals surface area contributed by atoms with E-state index in [9.17, 15) is 0 Å². The molecule has 4 unspecified atom stereocenters. The third-order valence-corrected chi connectivity index (χ3v) is 8.00. The molecule has 0 radical (unpaired) electrons. The van der Waals surface area contributed by atoms with Gasteiger partial charge in [-0.25, -0.2) is 0 Å². The maximum Gasteiger partial charge on any atom is 0.103 e. The number of fused-ring (bicyclic) bond motifs is 3. The Morgan fingerprint density at radius 1 is 1.19 bits per heavy atom. The number of hydrogen-bond donors (Lipinski definition) is 1. The van der Waals surface area contributed by atoms with Crippen molar-refractivity contribution in [1.82, 2.24) is 20.0 Å². The Kier molecular flexibility index (Phi) is 5.87. The number of anilines is 1. The van der Waals surface area contributed by atoms with E-state index in [1.54, 1.807) is 11.3 Å². The van der Waals surface area contributed by atoms with Crippen LogP contribution >= 0.6 is 11.3 Å². The van der Waals surface area contributed by atoms with Crippen molar-refractivity contribution in [3.8, 4) is 10.6 Å². The third kappa shape index (κ3) is 4.29. The molecule has 6 heteroatoms. The van der Waals surface area contributed by atoms with Crippen molar-refractivity contribution in [1.29, 1.82) is 0 Å². The topological polar surface area (TPSA) is 36.3 Å². The van der Waals surface area contributed by atoms with Crippen LogP contribution < -0.4 is 10.2 Å². The summed E-state index contributed by atoms with van der Waals surface area (Å²) in [7, 11) is 6.29. The lowest BCUT2D eigenvalue weighted by atomic mass is 9.74. The van der Waals surface area contributed by atoms with E-state index in [0.717, 1.165) is 31.2 Å². The van der Waals surface area contributed by atoms with Crippen LogP contribution in [0.5, 0.6) is 0 Å². The zero-order valence-corrected chi connectivity index (χ0v) is 19.6. The number of aromatic nitrogens is 2. The minimum Gasteiger partial charge on any atom is -0.378 e. The summed E-state index contributed by atoms with van der Waals surface area (Å²) < 4.78 is 2.13. The summed E-state index contributed by atoms with van der Waals surface area (Å²) in [5, 5.41) is 10.7. The first kappa shape index (κ1) is 20.7. The van der Waals surface area contributed by atoms with Gasteiger partial charge in [0, 0.05) is 64.1 Å². The molecule has 2 bridgehead atoms. The molecule has 3 aliphatic rings. The standard InChI is InChI=1S/C25H33N5S/c1-28(2)20-8-6-18(7-9-20)15-26-16-21-13-19-10-11-30(21)17-22(19)24-14-23(27-29(24)3)25-5-4-12-31-25/h4-9,12,14,19,21-22,26H,10-11,13,15-17H2,1-3H3. The molecule has 31 heavy (non-hydrogen) atoms. The Balaban J connectivity index is 1.19. The van der Waals surface area contributed by atoms with Gasteiger partial charge in [0.15, 0.2) is 0 Å². The average Bonchev–Trinajstić information content (AvgIpc) is 3.44. The first-order chi connectivity index (χ1) is 15.1. The lowest BCUT2D eigenvalue weighted by Crippen LogP contribution is -2.55. The van der Waals surface area contributed by atoms with Gasteiger partial charge in [0.2, 0.25) is 0 Å². The van der Waals surface area contributed by atoms with Gasteiger partial charge in [-0.15, -0.1) is 11.3 Å². The molecule has 2 aromatic heterocycles. The van der Waals surface area contributed by atoms with Crippen molar-refractivity contribution in [2.24, 2.45) is 13.0 Å². The maximum atomic E-state index is 4.82. The van der Waals surface area contributed by atoms with E-state index in [1.807, 2.05) is 0 Å². The Morgan fingerprint density at radius 2 is 2.03 bits per heavy atom. The molecule has 3 saturated heterocycles. The highest BCUT2D eigenvalue weighted by molar-refractivity contribution is 7.13. The van der Waals surface area contributed by atoms with Crippen LogP contribution in [0.15, 0.2) is 47.8 Å². The summed E-state index contributed by atoms with van der Waals surface area (Å²) in [6, 6.07) is 16.1. The van der Waals surface area contributed by atoms with Crippen molar-refractivity contribution in [2.75, 3.05) is 38.6 Å². The molecule has 0 amide bonds. The summed E-state index contributed by atoms with van der Waals surface area (Å²) in [6.45, 7) is 4.42. The van der Waals surface area contributed by atoms with Gasteiger partial charge in [-0.1, -0.05) is 18.2 Å². The van der Waals surface area contributed by atoms with Crippen molar-refractivity contribution in [3.63, 3.8) is 0 Å². The number of piperidine rings is 3. The number of hydrogen-bond acceptors (Lipinski definition) is 5. The fraction of sp³-hybridized carbons (Fsp3) is 0.480. The summed E-state index contributed by atoms with van der Waals surface area (Å²) in [5.74, 6) is 1.37. The minimum absolute atomic E-state index is 0.606. The minimum atomic E-state index is 0.606. The van der Waals surface area contributed by atoms with E-state index in [2.05, 4.69) is 88.8 Å². The van der Waals surface area contributed by atoms with E-state index in [4.69, 9.17) is 5.10 Å². The van der Waals surface area contributed by atoms with Crippen molar-refractivity contribution < 1.29 is 0 Å². The molecule has 0 saturated carbocycles. The van der Waals surface area contributed by atoms with E-state index < -0.39 is 0 Å². The fourth-order valence-electron chi connectivity index (χ4n) is 5.35. The van der Waals surface area contributed by atoms with Gasteiger partial charge < -0.3 is 10.2 Å². The van der Waals surface area contributed by atoms with Crippen molar-refractivity contribution in [3.05, 3.63) is 59.1 Å². The average molecular weight is 436 g/mol. The number of rotatable bonds is 7. The first-order valence-electron chi connectivity index (χ1n) is 11.4. The van der Waals surface area contributed by atoms with E-state index in [1.165, 1.54) is 41.2 Å². The second-order valence-electron chi connectivity index (χ2n) is 9.29. The van der Waals surface area contributed by atoms with Crippen molar-refractivity contribution >= 4 is 17.0 Å². The van der Waals surface area contributed by atoms with Crippen LogP contribution in [0.3, 0.4) is 0 Å². The molecule has 3 fully saturated rings. The highest BCUT2D eigenvalue weighted by Crippen LogP contribution is 2.42. The Morgan fingerprint density at radius 3 is 2.71 bits per heavy atom. The summed E-state index contributed by atoms with van der Waals surface area (Å²) in [6.07, 6.45) is 2.60. The molecule has 5 heterocycles. The Hall–Kier alpha value is -2.15. The van der Waals surface area contributed by atoms with Crippen LogP contribution in [0.25, 0.3) is 10.6 Å². The van der Waals surface area contributed by atoms with Gasteiger partial charge in [0.1, 0.15) is 5.69 Å². The van der Waals surface area contributed by atoms with Crippen LogP contribution in [0.4, 0.5) is 5.69 Å². The zero-order chi connectivity index (χ0) is 21.4. The number of benzene rings is 1. The molecule has 3 aliphatic heterocycles. The highest BCUT2D eigenvalue weighted by Gasteiger charge is 2.41. The highest BCUT2D eigenvalue weighted by atomic mass is 32.1. The molecule has 0 spiro atoms. The van der Waals surface area contributed by atoms with Gasteiger partial charge in [-0.05, 0) is 60.5 Å². The van der Waals surface area contributed by atoms with Crippen molar-refractivity contribution in [2.45, 2.75) is 31.3 Å². The number of nitrogens with zero attached hydrogens (tertiary/aromatic N) is 4. The second-order valence-corrected chi connectivity index (χ2v) is 10.2. The molecule has 6 rings (SSSR count). The van der Waals surface area contributed by atoms with E-state index in [0.29, 0.717) is 12.0 Å². The molecule has 1 aromatic carbocycles.